The van der Waals surface area contributed by atoms with Gasteiger partial charge < -0.3 is 34.2 Å². The lowest BCUT2D eigenvalue weighted by Gasteiger charge is -2.31. The molecule has 0 aromatic heterocycles. The molecular weight excluding hydrogens is 997 g/mol. The smallest absolute Gasteiger partial charge is 0.349 e. The number of halogens is 5. The minimum Gasteiger partial charge on any atom is -0.480 e. The van der Waals surface area contributed by atoms with Crippen LogP contribution in [0.2, 0.25) is 5.02 Å². The first-order valence-electron chi connectivity index (χ1n) is 20.7. The van der Waals surface area contributed by atoms with E-state index in [4.69, 9.17) is 82.4 Å². The fourth-order valence-corrected chi connectivity index (χ4v) is 7.64. The number of amides is 4. The minimum atomic E-state index is -4.10. The molecule has 1 atom stereocenters. The largest absolute Gasteiger partial charge is 0.480 e. The molecule has 1 aliphatic heterocycles. The Morgan fingerprint density at radius 3 is 2.04 bits per heavy atom. The molecule has 0 radical (unpaired) electrons. The van der Waals surface area contributed by atoms with Crippen molar-refractivity contribution in [1.82, 2.24) is 10.2 Å². The van der Waals surface area contributed by atoms with E-state index in [1.807, 2.05) is 26.0 Å². The molecule has 1 aliphatic carbocycles. The Bertz CT molecular complexity index is 2140. The van der Waals surface area contributed by atoms with Gasteiger partial charge in [0.2, 0.25) is 5.91 Å². The number of anilines is 2. The van der Waals surface area contributed by atoms with Gasteiger partial charge in [-0.15, -0.1) is 24.8 Å². The first-order valence-corrected chi connectivity index (χ1v) is 24.7. The lowest BCUT2D eigenvalue weighted by atomic mass is 9.93. The van der Waals surface area contributed by atoms with Crippen molar-refractivity contribution >= 4 is 119 Å². The molecule has 0 saturated carbocycles. The third-order valence-corrected chi connectivity index (χ3v) is 11.2. The van der Waals surface area contributed by atoms with Gasteiger partial charge in [0.1, 0.15) is 10.9 Å². The summed E-state index contributed by atoms with van der Waals surface area (Å²) in [6, 6.07) is 10.8. The fraction of sp³-hybridized carbons (Fsp3) is 0.422. The number of carbonyl (C=O) groups is 6. The highest BCUT2D eigenvalue weighted by Gasteiger charge is 2.39. The van der Waals surface area contributed by atoms with Crippen molar-refractivity contribution in [3.05, 3.63) is 99.6 Å². The van der Waals surface area contributed by atoms with Crippen LogP contribution in [0.4, 0.5) is 11.4 Å². The average molecular weight is 1060 g/mol. The van der Waals surface area contributed by atoms with Crippen molar-refractivity contribution in [2.75, 3.05) is 61.9 Å². The Kier molecular flexibility index (Phi) is 28.3. The number of carbonyl (C=O) groups excluding carboxylic acids is 5. The number of rotatable bonds is 19. The number of para-hydroxylation sites is 1. The molecule has 2 aromatic rings. The second-order valence-electron chi connectivity index (χ2n) is 14.4. The van der Waals surface area contributed by atoms with Crippen molar-refractivity contribution in [2.45, 2.75) is 70.7 Å². The van der Waals surface area contributed by atoms with Crippen LogP contribution in [-0.2, 0) is 49.2 Å². The summed E-state index contributed by atoms with van der Waals surface area (Å²) in [5.41, 5.74) is 5.25. The molecule has 4 amide bonds. The highest BCUT2D eigenvalue weighted by atomic mass is 35.5. The van der Waals surface area contributed by atoms with Crippen LogP contribution in [0, 0.1) is 6.92 Å². The maximum Gasteiger partial charge on any atom is 0.349 e. The number of alkyl halides is 3. The number of benzene rings is 2. The zero-order valence-electron chi connectivity index (χ0n) is 37.9. The van der Waals surface area contributed by atoms with Gasteiger partial charge in [-0.2, -0.15) is 0 Å². The fourth-order valence-electron chi connectivity index (χ4n) is 6.48. The highest BCUT2D eigenvalue weighted by molar-refractivity contribution is 7.51. The number of nitrogens with one attached hydrogen (secondary N) is 1. The number of hydrogen-bond donors (Lipinski definition) is 4. The molecule has 0 bridgehead atoms. The third-order valence-electron chi connectivity index (χ3n) is 9.35. The second kappa shape index (κ2) is 31.1. The van der Waals surface area contributed by atoms with Crippen molar-refractivity contribution in [2.24, 2.45) is 0 Å². The first kappa shape index (κ1) is 61.0. The number of carboxylic acid groups (broad SMARTS) is 1. The zero-order chi connectivity index (χ0) is 51.0. The normalized spacial score (nSPS) is 13.7. The van der Waals surface area contributed by atoms with E-state index in [2.05, 4.69) is 31.5 Å². The summed E-state index contributed by atoms with van der Waals surface area (Å²) in [5.74, 6) is -2.80. The van der Waals surface area contributed by atoms with E-state index >= 15 is 0 Å². The van der Waals surface area contributed by atoms with Crippen LogP contribution in [-0.4, -0.2) is 118 Å². The van der Waals surface area contributed by atoms with Gasteiger partial charge in [0.05, 0.1) is 43.5 Å². The number of esters is 1. The Balaban J connectivity index is 0.000000481. The maximum absolute atomic E-state index is 12.7. The molecular formula is C45H58Cl5N4O12P. The second-order valence-corrected chi connectivity index (χ2v) is 18.3. The van der Waals surface area contributed by atoms with E-state index in [0.29, 0.717) is 60.0 Å². The number of imide groups is 1. The van der Waals surface area contributed by atoms with Gasteiger partial charge in [-0.3, -0.25) is 33.9 Å². The number of carboxylic acids is 1. The van der Waals surface area contributed by atoms with E-state index in [-0.39, 0.29) is 47.2 Å². The summed E-state index contributed by atoms with van der Waals surface area (Å²) in [7, 11) is -2.46. The molecule has 0 fully saturated rings. The number of aliphatic carboxylic acids is 1. The molecule has 67 heavy (non-hydrogen) atoms. The standard InChI is InChI=1S/C19H17Cl2NO4.C15H22ClNO2.C8H11Cl2NO.C3H8NO5P/c1-2-26-19(25)16(21)10-11-9-12(7-8-15(11)20)22-17(23)13-5-3-4-6-14(13)18(22)24;1-5-13-8-6-7-11(2)15(13)17(14(18)9-16)12(3)10-19-4;1-3-5-11(6-4-2)8(12)7(9)10;5-3(6)1-4-2-10(7,8)9/h7-10H,2-6H2,1H3;6-8,12H,5,9-10H2,1-4H3;3-4,7H,1-2,5-6H2;4H,1-2H2,(H,5,6)(H2,7,8,9)/b16-10-;;;. The van der Waals surface area contributed by atoms with Crippen molar-refractivity contribution < 1.29 is 57.7 Å². The molecule has 0 saturated heterocycles. The Labute approximate surface area is 416 Å². The van der Waals surface area contributed by atoms with E-state index in [0.717, 1.165) is 36.1 Å². The van der Waals surface area contributed by atoms with Crippen LogP contribution < -0.4 is 15.1 Å². The molecule has 2 aromatic carbocycles. The topological polar surface area (TPSA) is 220 Å². The summed E-state index contributed by atoms with van der Waals surface area (Å²) in [6.45, 7) is 15.9. The number of aryl methyl sites for hydroxylation is 2. The number of hydrogen-bond acceptors (Lipinski definition) is 10. The molecule has 0 spiro atoms. The van der Waals surface area contributed by atoms with Gasteiger partial charge in [0.15, 0.2) is 4.84 Å². The molecule has 370 valence electrons. The van der Waals surface area contributed by atoms with Crippen molar-refractivity contribution in [3.8, 4) is 0 Å². The van der Waals surface area contributed by atoms with Crippen LogP contribution in [0.5, 0.6) is 0 Å². The third kappa shape index (κ3) is 20.2. The number of ether oxygens (including phenoxy) is 2. The molecule has 4 N–H and O–H groups in total. The van der Waals surface area contributed by atoms with Crippen LogP contribution in [0.15, 0.2) is 77.9 Å². The molecule has 4 rings (SSSR count). The van der Waals surface area contributed by atoms with Crippen LogP contribution in [0.3, 0.4) is 0 Å². The van der Waals surface area contributed by atoms with Gasteiger partial charge in [-0.1, -0.05) is 83.7 Å². The Hall–Kier alpha value is -4.06. The SMILES string of the molecule is C=CCN(CC=C)C(=O)C(Cl)Cl.CCOC(=O)/C(Cl)=C/c1cc(N2C(=O)C3=C(CCCC3)C2=O)ccc1Cl.CCc1cccc(C)c1N(C(=O)CCl)C(C)COC.O=C(O)CNCP(=O)(O)O. The summed E-state index contributed by atoms with van der Waals surface area (Å²) < 4.78 is 20.1. The van der Waals surface area contributed by atoms with Crippen LogP contribution >= 0.6 is 65.6 Å². The lowest BCUT2D eigenvalue weighted by Crippen LogP contribution is -2.43. The Morgan fingerprint density at radius 1 is 1.00 bits per heavy atom. The molecule has 16 nitrogen and oxygen atoms in total. The quantitative estimate of drug-likeness (QED) is 0.0261. The van der Waals surface area contributed by atoms with Crippen molar-refractivity contribution in [3.63, 3.8) is 0 Å². The monoisotopic (exact) mass is 1050 g/mol. The van der Waals surface area contributed by atoms with Crippen LogP contribution in [0.25, 0.3) is 6.08 Å². The van der Waals surface area contributed by atoms with Gasteiger partial charge >= 0.3 is 19.5 Å². The van der Waals surface area contributed by atoms with E-state index in [9.17, 15) is 33.3 Å². The maximum atomic E-state index is 12.7. The van der Waals surface area contributed by atoms with E-state index in [1.165, 1.54) is 15.9 Å². The Morgan fingerprint density at radius 2 is 1.58 bits per heavy atom. The highest BCUT2D eigenvalue weighted by Crippen LogP contribution is 2.37. The summed E-state index contributed by atoms with van der Waals surface area (Å²) in [5, 5.41) is 10.3. The molecule has 2 aliphatic rings. The predicted octanol–water partition coefficient (Wildman–Crippen LogP) is 8.18. The summed E-state index contributed by atoms with van der Waals surface area (Å²) >= 11 is 28.7. The minimum absolute atomic E-state index is 0.0223. The number of nitrogens with zero attached hydrogens (tertiary/aromatic N) is 3. The zero-order valence-corrected chi connectivity index (χ0v) is 42.6. The lowest BCUT2D eigenvalue weighted by molar-refractivity contribution is -0.138. The first-order chi connectivity index (χ1) is 31.5. The summed E-state index contributed by atoms with van der Waals surface area (Å²) in [6.07, 6.45) is 7.95. The molecule has 1 heterocycles. The van der Waals surface area contributed by atoms with E-state index in [1.54, 1.807) is 49.3 Å². The predicted molar refractivity (Wildman–Crippen MR) is 265 cm³/mol. The van der Waals surface area contributed by atoms with Gasteiger partial charge in [0.25, 0.3) is 17.7 Å². The van der Waals surface area contributed by atoms with Gasteiger partial charge in [-0.25, -0.2) is 9.69 Å². The van der Waals surface area contributed by atoms with Crippen molar-refractivity contribution in [1.29, 1.82) is 0 Å². The van der Waals surface area contributed by atoms with Crippen LogP contribution in [0.1, 0.15) is 63.1 Å². The summed E-state index contributed by atoms with van der Waals surface area (Å²) in [4.78, 5) is 89.9. The number of methoxy groups -OCH3 is 1. The van der Waals surface area contributed by atoms with Gasteiger partial charge in [-0.05, 0) is 93.8 Å². The van der Waals surface area contributed by atoms with E-state index < -0.39 is 37.2 Å². The molecule has 22 heteroatoms. The van der Waals surface area contributed by atoms with Gasteiger partial charge in [0, 0.05) is 36.4 Å². The average Bonchev–Trinajstić information content (AvgIpc) is 3.53. The molecule has 1 unspecified atom stereocenters.